The largest absolute Gasteiger partial charge is 0.346 e. The van der Waals surface area contributed by atoms with Crippen LogP contribution in [0.3, 0.4) is 0 Å². The zero-order chi connectivity index (χ0) is 12.3. The van der Waals surface area contributed by atoms with Crippen LogP contribution in [-0.2, 0) is 0 Å². The van der Waals surface area contributed by atoms with Gasteiger partial charge in [-0.2, -0.15) is 0 Å². The van der Waals surface area contributed by atoms with Crippen LogP contribution in [0.4, 0.5) is 8.78 Å². The number of halogens is 4. The standard InChI is InChI=1S/C10H9ClF2INO/c1-10(12,13)5-15-9(16)8-6(11)3-2-4-7(8)14/h2-4H,5H2,1H3,(H,15,16). The van der Waals surface area contributed by atoms with E-state index in [1.54, 1.807) is 18.2 Å². The summed E-state index contributed by atoms with van der Waals surface area (Å²) in [6.07, 6.45) is 0. The summed E-state index contributed by atoms with van der Waals surface area (Å²) in [6, 6.07) is 4.92. The molecule has 6 heteroatoms. The molecule has 1 aromatic carbocycles. The fourth-order valence-corrected chi connectivity index (χ4v) is 2.20. The van der Waals surface area contributed by atoms with Crippen molar-refractivity contribution in [1.29, 1.82) is 0 Å². The van der Waals surface area contributed by atoms with Crippen LogP contribution in [0.5, 0.6) is 0 Å². The highest BCUT2D eigenvalue weighted by Crippen LogP contribution is 2.21. The molecule has 0 saturated heterocycles. The molecule has 1 rings (SSSR count). The van der Waals surface area contributed by atoms with E-state index >= 15 is 0 Å². The highest BCUT2D eigenvalue weighted by Gasteiger charge is 2.23. The molecule has 0 fully saturated rings. The fourth-order valence-electron chi connectivity index (χ4n) is 1.04. The minimum Gasteiger partial charge on any atom is -0.346 e. The van der Waals surface area contributed by atoms with E-state index in [1.165, 1.54) is 0 Å². The normalized spacial score (nSPS) is 11.3. The lowest BCUT2D eigenvalue weighted by Crippen LogP contribution is -2.35. The van der Waals surface area contributed by atoms with Gasteiger partial charge in [-0.25, -0.2) is 8.78 Å². The van der Waals surface area contributed by atoms with Gasteiger partial charge in [0.25, 0.3) is 11.8 Å². The molecule has 0 bridgehead atoms. The van der Waals surface area contributed by atoms with Crippen LogP contribution in [0.25, 0.3) is 0 Å². The van der Waals surface area contributed by atoms with E-state index in [2.05, 4.69) is 5.32 Å². The summed E-state index contributed by atoms with van der Waals surface area (Å²) < 4.78 is 25.7. The Bertz CT molecular complexity index is 386. The molecule has 1 N–H and O–H groups in total. The van der Waals surface area contributed by atoms with Crippen molar-refractivity contribution < 1.29 is 13.6 Å². The van der Waals surface area contributed by atoms with Crippen LogP contribution in [0.2, 0.25) is 5.02 Å². The van der Waals surface area contributed by atoms with Gasteiger partial charge < -0.3 is 5.32 Å². The first kappa shape index (κ1) is 13.6. The van der Waals surface area contributed by atoms with E-state index in [9.17, 15) is 13.6 Å². The second-order valence-corrected chi connectivity index (χ2v) is 4.92. The van der Waals surface area contributed by atoms with Crippen molar-refractivity contribution in [3.8, 4) is 0 Å². The van der Waals surface area contributed by atoms with Gasteiger partial charge in [0, 0.05) is 10.5 Å². The number of benzene rings is 1. The summed E-state index contributed by atoms with van der Waals surface area (Å²) in [5, 5.41) is 2.40. The second-order valence-electron chi connectivity index (χ2n) is 3.35. The predicted molar refractivity (Wildman–Crippen MR) is 67.1 cm³/mol. The molecule has 16 heavy (non-hydrogen) atoms. The van der Waals surface area contributed by atoms with Crippen molar-refractivity contribution in [2.45, 2.75) is 12.8 Å². The van der Waals surface area contributed by atoms with Gasteiger partial charge in [0.1, 0.15) is 0 Å². The number of alkyl halides is 2. The van der Waals surface area contributed by atoms with Crippen LogP contribution in [0.1, 0.15) is 17.3 Å². The van der Waals surface area contributed by atoms with E-state index in [-0.39, 0.29) is 10.6 Å². The molecule has 88 valence electrons. The van der Waals surface area contributed by atoms with Crippen LogP contribution in [0.15, 0.2) is 18.2 Å². The number of carbonyl (C=O) groups excluding carboxylic acids is 1. The summed E-state index contributed by atoms with van der Waals surface area (Å²) in [6.45, 7) is 0.0397. The van der Waals surface area contributed by atoms with Crippen LogP contribution >= 0.6 is 34.2 Å². The molecule has 0 atom stereocenters. The number of amides is 1. The minimum atomic E-state index is -2.93. The first-order valence-electron chi connectivity index (χ1n) is 4.41. The van der Waals surface area contributed by atoms with Gasteiger partial charge in [-0.1, -0.05) is 17.7 Å². The Hall–Kier alpha value is -0.430. The number of carbonyl (C=O) groups is 1. The molecule has 0 radical (unpaired) electrons. The Balaban J connectivity index is 2.81. The third kappa shape index (κ3) is 3.86. The highest BCUT2D eigenvalue weighted by molar-refractivity contribution is 14.1. The molecule has 0 heterocycles. The van der Waals surface area contributed by atoms with E-state index < -0.39 is 18.4 Å². The smallest absolute Gasteiger partial charge is 0.262 e. The molecule has 0 aliphatic heterocycles. The number of hydrogen-bond donors (Lipinski definition) is 1. The molecule has 0 unspecified atom stereocenters. The Morgan fingerprint density at radius 1 is 1.56 bits per heavy atom. The Kier molecular flexibility index (Phi) is 4.49. The Labute approximate surface area is 110 Å². The molecular formula is C10H9ClF2INO. The Morgan fingerprint density at radius 2 is 2.19 bits per heavy atom. The summed E-state index contributed by atoms with van der Waals surface area (Å²) in [7, 11) is 0. The number of hydrogen-bond acceptors (Lipinski definition) is 1. The van der Waals surface area contributed by atoms with Gasteiger partial charge in [0.15, 0.2) is 0 Å². The van der Waals surface area contributed by atoms with Crippen LogP contribution in [-0.4, -0.2) is 18.4 Å². The van der Waals surface area contributed by atoms with Crippen molar-refractivity contribution in [1.82, 2.24) is 5.32 Å². The number of rotatable bonds is 3. The lowest BCUT2D eigenvalue weighted by molar-refractivity contribution is 0.0221. The maximum absolute atomic E-state index is 12.5. The summed E-state index contributed by atoms with van der Waals surface area (Å²) in [4.78, 5) is 11.6. The monoisotopic (exact) mass is 359 g/mol. The molecule has 1 amide bonds. The maximum Gasteiger partial charge on any atom is 0.262 e. The predicted octanol–water partition coefficient (Wildman–Crippen LogP) is 3.33. The van der Waals surface area contributed by atoms with Gasteiger partial charge in [0.2, 0.25) is 0 Å². The fraction of sp³-hybridized carbons (Fsp3) is 0.300. The first-order chi connectivity index (χ1) is 7.31. The van der Waals surface area contributed by atoms with Crippen molar-refractivity contribution in [2.24, 2.45) is 0 Å². The lowest BCUT2D eigenvalue weighted by atomic mass is 10.2. The summed E-state index contributed by atoms with van der Waals surface area (Å²) in [5.41, 5.74) is 0.231. The van der Waals surface area contributed by atoms with Gasteiger partial charge in [-0.3, -0.25) is 4.79 Å². The van der Waals surface area contributed by atoms with Crippen LogP contribution in [0, 0.1) is 3.57 Å². The Morgan fingerprint density at radius 3 is 2.69 bits per heavy atom. The van der Waals surface area contributed by atoms with Crippen LogP contribution < -0.4 is 5.32 Å². The van der Waals surface area contributed by atoms with Crippen molar-refractivity contribution in [3.05, 3.63) is 32.4 Å². The van der Waals surface area contributed by atoms with Crippen molar-refractivity contribution >= 4 is 40.1 Å². The van der Waals surface area contributed by atoms with Crippen molar-refractivity contribution in [2.75, 3.05) is 6.54 Å². The van der Waals surface area contributed by atoms with Gasteiger partial charge >= 0.3 is 0 Å². The van der Waals surface area contributed by atoms with Gasteiger partial charge in [-0.15, -0.1) is 0 Å². The van der Waals surface area contributed by atoms with E-state index in [0.29, 0.717) is 3.57 Å². The average molecular weight is 360 g/mol. The zero-order valence-electron chi connectivity index (χ0n) is 8.36. The third-order valence-electron chi connectivity index (χ3n) is 1.75. The quantitative estimate of drug-likeness (QED) is 0.824. The maximum atomic E-state index is 12.5. The zero-order valence-corrected chi connectivity index (χ0v) is 11.3. The van der Waals surface area contributed by atoms with E-state index in [1.807, 2.05) is 22.6 Å². The molecule has 0 saturated carbocycles. The lowest BCUT2D eigenvalue weighted by Gasteiger charge is -2.12. The molecule has 1 aromatic rings. The van der Waals surface area contributed by atoms with E-state index in [4.69, 9.17) is 11.6 Å². The summed E-state index contributed by atoms with van der Waals surface area (Å²) >= 11 is 7.75. The van der Waals surface area contributed by atoms with Crippen molar-refractivity contribution in [3.63, 3.8) is 0 Å². The average Bonchev–Trinajstić information content (AvgIpc) is 2.13. The summed E-state index contributed by atoms with van der Waals surface area (Å²) in [5.74, 6) is -3.51. The number of nitrogens with one attached hydrogen (secondary N) is 1. The third-order valence-corrected chi connectivity index (χ3v) is 2.96. The molecular weight excluding hydrogens is 350 g/mol. The first-order valence-corrected chi connectivity index (χ1v) is 5.87. The molecule has 0 aromatic heterocycles. The molecule has 0 aliphatic carbocycles. The molecule has 0 aliphatic rings. The van der Waals surface area contributed by atoms with Gasteiger partial charge in [-0.05, 0) is 34.7 Å². The molecule has 2 nitrogen and oxygen atoms in total. The highest BCUT2D eigenvalue weighted by atomic mass is 127. The molecule has 0 spiro atoms. The topological polar surface area (TPSA) is 29.1 Å². The van der Waals surface area contributed by atoms with E-state index in [0.717, 1.165) is 6.92 Å². The second kappa shape index (κ2) is 5.27. The van der Waals surface area contributed by atoms with Gasteiger partial charge in [0.05, 0.1) is 17.1 Å². The SMILES string of the molecule is CC(F)(F)CNC(=O)c1c(Cl)cccc1I. The minimum absolute atomic E-state index is 0.231.